The number of carbonyl (C=O) groups excluding carboxylic acids is 1. The molecular weight excluding hydrogens is 308 g/mol. The fourth-order valence-electron chi connectivity index (χ4n) is 5.08. The highest BCUT2D eigenvalue weighted by molar-refractivity contribution is 5.77. The Balaban J connectivity index is 1.80. The number of amides is 1. The first-order chi connectivity index (χ1) is 11.0. The monoisotopic (exact) mass is 334 g/mol. The Morgan fingerprint density at radius 1 is 1.33 bits per heavy atom. The number of nitro groups is 1. The molecule has 1 saturated heterocycles. The summed E-state index contributed by atoms with van der Waals surface area (Å²) in [6.45, 7) is 10.9. The van der Waals surface area contributed by atoms with Gasteiger partial charge in [0, 0.05) is 12.6 Å². The van der Waals surface area contributed by atoms with Gasteiger partial charge < -0.3 is 4.90 Å². The maximum absolute atomic E-state index is 12.8. The van der Waals surface area contributed by atoms with E-state index in [1.54, 1.807) is 13.8 Å². The molecule has 0 unspecified atom stereocenters. The summed E-state index contributed by atoms with van der Waals surface area (Å²) >= 11 is 0. The lowest BCUT2D eigenvalue weighted by Gasteiger charge is -2.39. The zero-order valence-corrected chi connectivity index (χ0v) is 15.1. The first-order valence-corrected chi connectivity index (χ1v) is 8.49. The van der Waals surface area contributed by atoms with E-state index < -0.39 is 4.92 Å². The van der Waals surface area contributed by atoms with E-state index in [1.165, 1.54) is 4.68 Å². The summed E-state index contributed by atoms with van der Waals surface area (Å²) in [4.78, 5) is 25.5. The van der Waals surface area contributed by atoms with Crippen molar-refractivity contribution in [3.63, 3.8) is 0 Å². The van der Waals surface area contributed by atoms with Crippen molar-refractivity contribution in [2.24, 2.45) is 10.8 Å². The minimum atomic E-state index is -0.426. The number of likely N-dealkylation sites (tertiary alicyclic amines) is 1. The highest BCUT2D eigenvalue weighted by Crippen LogP contribution is 2.52. The van der Waals surface area contributed by atoms with Gasteiger partial charge in [-0.05, 0) is 43.9 Å². The molecule has 2 fully saturated rings. The van der Waals surface area contributed by atoms with Crippen molar-refractivity contribution in [2.45, 2.75) is 66.5 Å². The summed E-state index contributed by atoms with van der Waals surface area (Å²) in [7, 11) is 0. The van der Waals surface area contributed by atoms with Gasteiger partial charge in [-0.2, -0.15) is 5.10 Å². The minimum absolute atomic E-state index is 0.0102. The van der Waals surface area contributed by atoms with Crippen LogP contribution in [0.15, 0.2) is 0 Å². The van der Waals surface area contributed by atoms with Crippen molar-refractivity contribution in [3.8, 4) is 0 Å². The molecule has 24 heavy (non-hydrogen) atoms. The molecule has 1 aliphatic carbocycles. The SMILES string of the molecule is Cc1nn(CC(=O)N2C[C@@]3(C)C[C@H]2CC(C)(C)C3)c(C)c1[N+](=O)[O-]. The smallest absolute Gasteiger partial charge is 0.312 e. The van der Waals surface area contributed by atoms with Crippen LogP contribution in [0.4, 0.5) is 5.69 Å². The van der Waals surface area contributed by atoms with Crippen LogP contribution in [-0.2, 0) is 11.3 Å². The van der Waals surface area contributed by atoms with E-state index in [1.807, 2.05) is 4.90 Å². The van der Waals surface area contributed by atoms with Gasteiger partial charge in [0.25, 0.3) is 0 Å². The van der Waals surface area contributed by atoms with Gasteiger partial charge in [-0.25, -0.2) is 0 Å². The van der Waals surface area contributed by atoms with E-state index in [-0.39, 0.29) is 35.0 Å². The molecule has 1 saturated carbocycles. The molecule has 7 nitrogen and oxygen atoms in total. The summed E-state index contributed by atoms with van der Waals surface area (Å²) in [5.41, 5.74) is 1.25. The molecule has 132 valence electrons. The van der Waals surface area contributed by atoms with E-state index in [9.17, 15) is 14.9 Å². The van der Waals surface area contributed by atoms with Gasteiger partial charge in [0.1, 0.15) is 17.9 Å². The fourth-order valence-corrected chi connectivity index (χ4v) is 5.08. The summed E-state index contributed by atoms with van der Waals surface area (Å²) in [5, 5.41) is 15.3. The maximum atomic E-state index is 12.8. The van der Waals surface area contributed by atoms with Crippen LogP contribution in [0.2, 0.25) is 0 Å². The molecule has 0 N–H and O–H groups in total. The van der Waals surface area contributed by atoms with Crippen LogP contribution in [0.25, 0.3) is 0 Å². The lowest BCUT2D eigenvalue weighted by Crippen LogP contribution is -2.39. The van der Waals surface area contributed by atoms with Crippen LogP contribution in [0, 0.1) is 34.8 Å². The van der Waals surface area contributed by atoms with Crippen LogP contribution >= 0.6 is 0 Å². The van der Waals surface area contributed by atoms with E-state index in [2.05, 4.69) is 25.9 Å². The second kappa shape index (κ2) is 5.29. The highest BCUT2D eigenvalue weighted by Gasteiger charge is 2.50. The molecule has 1 amide bonds. The molecular formula is C17H26N4O3. The molecule has 7 heteroatoms. The number of aryl methyl sites for hydroxylation is 1. The first-order valence-electron chi connectivity index (χ1n) is 8.49. The Morgan fingerprint density at radius 2 is 2.00 bits per heavy atom. The number of carbonyl (C=O) groups is 1. The molecule has 1 aliphatic heterocycles. The summed E-state index contributed by atoms with van der Waals surface area (Å²) < 4.78 is 1.48. The van der Waals surface area contributed by atoms with Crippen LogP contribution < -0.4 is 0 Å². The predicted octanol–water partition coefficient (Wildman–Crippen LogP) is 2.84. The zero-order valence-electron chi connectivity index (χ0n) is 15.1. The number of hydrogen-bond donors (Lipinski definition) is 0. The molecule has 2 aliphatic rings. The number of rotatable bonds is 3. The van der Waals surface area contributed by atoms with Gasteiger partial charge >= 0.3 is 5.69 Å². The standard InChI is InChI=1S/C17H26N4O3/c1-11-15(21(23)24)12(2)20(18-11)8-14(22)19-10-17(5)7-13(19)6-16(3,4)9-17/h13H,6-10H2,1-5H3/t13-,17+/m1/s1. The molecule has 1 aromatic heterocycles. The van der Waals surface area contributed by atoms with Crippen LogP contribution in [0.1, 0.15) is 51.4 Å². The second-order valence-corrected chi connectivity index (χ2v) is 8.67. The number of aromatic nitrogens is 2. The summed E-state index contributed by atoms with van der Waals surface area (Å²) in [6.07, 6.45) is 3.21. The van der Waals surface area contributed by atoms with Gasteiger partial charge in [-0.15, -0.1) is 0 Å². The van der Waals surface area contributed by atoms with Crippen molar-refractivity contribution >= 4 is 11.6 Å². The third kappa shape index (κ3) is 2.80. The number of hydrogen-bond acceptors (Lipinski definition) is 4. The Kier molecular flexibility index (Phi) is 3.73. The van der Waals surface area contributed by atoms with E-state index >= 15 is 0 Å². The normalized spacial score (nSPS) is 28.2. The van der Waals surface area contributed by atoms with Crippen LogP contribution in [0.3, 0.4) is 0 Å². The lowest BCUT2D eigenvalue weighted by molar-refractivity contribution is -0.386. The van der Waals surface area contributed by atoms with Gasteiger partial charge in [-0.1, -0.05) is 20.8 Å². The van der Waals surface area contributed by atoms with Crippen molar-refractivity contribution < 1.29 is 9.72 Å². The third-order valence-corrected chi connectivity index (χ3v) is 5.55. The summed E-state index contributed by atoms with van der Waals surface area (Å²) in [5.74, 6) is 0.0157. The average molecular weight is 334 g/mol. The third-order valence-electron chi connectivity index (χ3n) is 5.55. The molecule has 0 spiro atoms. The zero-order chi connectivity index (χ0) is 17.9. The highest BCUT2D eigenvalue weighted by atomic mass is 16.6. The average Bonchev–Trinajstić information content (AvgIpc) is 2.82. The number of fused-ring (bicyclic) bond motifs is 2. The largest absolute Gasteiger partial charge is 0.338 e. The Bertz CT molecular complexity index is 709. The van der Waals surface area contributed by atoms with Crippen molar-refractivity contribution in [3.05, 3.63) is 21.5 Å². The topological polar surface area (TPSA) is 81.3 Å². The predicted molar refractivity (Wildman–Crippen MR) is 89.6 cm³/mol. The number of nitrogens with zero attached hydrogens (tertiary/aromatic N) is 4. The van der Waals surface area contributed by atoms with Crippen molar-refractivity contribution in [2.75, 3.05) is 6.54 Å². The van der Waals surface area contributed by atoms with E-state index in [0.29, 0.717) is 11.4 Å². The first kappa shape index (κ1) is 16.9. The van der Waals surface area contributed by atoms with Gasteiger partial charge in [0.05, 0.1) is 4.92 Å². The minimum Gasteiger partial charge on any atom is -0.338 e. The quantitative estimate of drug-likeness (QED) is 0.629. The maximum Gasteiger partial charge on any atom is 0.312 e. The second-order valence-electron chi connectivity index (χ2n) is 8.67. The fraction of sp³-hybridized carbons (Fsp3) is 0.765. The van der Waals surface area contributed by atoms with Crippen molar-refractivity contribution in [1.82, 2.24) is 14.7 Å². The van der Waals surface area contributed by atoms with Crippen molar-refractivity contribution in [1.29, 1.82) is 0 Å². The molecule has 2 heterocycles. The molecule has 2 bridgehead atoms. The van der Waals surface area contributed by atoms with Crippen LogP contribution in [0.5, 0.6) is 0 Å². The molecule has 2 atom stereocenters. The van der Waals surface area contributed by atoms with Gasteiger partial charge in [-0.3, -0.25) is 19.6 Å². The summed E-state index contributed by atoms with van der Waals surface area (Å²) in [6, 6.07) is 0.276. The Hall–Kier alpha value is -1.92. The molecule has 1 aromatic rings. The van der Waals surface area contributed by atoms with Gasteiger partial charge in [0.2, 0.25) is 5.91 Å². The van der Waals surface area contributed by atoms with Gasteiger partial charge in [0.15, 0.2) is 0 Å². The van der Waals surface area contributed by atoms with E-state index in [4.69, 9.17) is 0 Å². The van der Waals surface area contributed by atoms with Crippen LogP contribution in [-0.4, -0.2) is 38.1 Å². The lowest BCUT2D eigenvalue weighted by atomic mass is 9.65. The van der Waals surface area contributed by atoms with E-state index in [0.717, 1.165) is 25.8 Å². The molecule has 3 rings (SSSR count). The molecule has 0 aromatic carbocycles. The Labute approximate surface area is 142 Å². The Morgan fingerprint density at radius 3 is 2.58 bits per heavy atom. The molecule has 0 radical (unpaired) electrons.